The van der Waals surface area contributed by atoms with Gasteiger partial charge in [0.1, 0.15) is 10.5 Å². The van der Waals surface area contributed by atoms with E-state index in [-0.39, 0.29) is 35.8 Å². The second kappa shape index (κ2) is 9.60. The smallest absolute Gasteiger partial charge is 0.341 e. The molecule has 2 aromatic rings. The maximum absolute atomic E-state index is 13.6. The summed E-state index contributed by atoms with van der Waals surface area (Å²) in [6.07, 6.45) is 0.855. The quantitative estimate of drug-likeness (QED) is 0.637. The Labute approximate surface area is 191 Å². The highest BCUT2D eigenvalue weighted by molar-refractivity contribution is 7.89. The van der Waals surface area contributed by atoms with Crippen molar-refractivity contribution >= 4 is 27.6 Å². The zero-order valence-corrected chi connectivity index (χ0v) is 19.8. The van der Waals surface area contributed by atoms with Gasteiger partial charge in [0.05, 0.1) is 12.5 Å². The van der Waals surface area contributed by atoms with Gasteiger partial charge in [-0.05, 0) is 45.7 Å². The highest BCUT2D eigenvalue weighted by atomic mass is 32.2. The number of aromatic nitrogens is 1. The molecule has 1 aliphatic heterocycles. The maximum atomic E-state index is 13.6. The molecular formula is C22H27F2N3O5S. The Morgan fingerprint density at radius 2 is 1.88 bits per heavy atom. The zero-order chi connectivity index (χ0) is 24.5. The number of hydrogen-bond acceptors (Lipinski definition) is 5. The van der Waals surface area contributed by atoms with Crippen LogP contribution in [0, 0.1) is 31.4 Å². The van der Waals surface area contributed by atoms with Gasteiger partial charge in [-0.1, -0.05) is 0 Å². The van der Waals surface area contributed by atoms with Crippen LogP contribution in [0.2, 0.25) is 0 Å². The number of halogens is 2. The third-order valence-electron chi connectivity index (χ3n) is 5.94. The molecule has 180 valence electrons. The summed E-state index contributed by atoms with van der Waals surface area (Å²) in [7, 11) is -2.45. The molecule has 1 aromatic carbocycles. The van der Waals surface area contributed by atoms with Crippen LogP contribution >= 0.6 is 0 Å². The number of hydrogen-bond donors (Lipinski definition) is 1. The lowest BCUT2D eigenvalue weighted by Crippen LogP contribution is -2.44. The number of nitrogens with one attached hydrogen (secondary N) is 1. The number of rotatable bonds is 6. The van der Waals surface area contributed by atoms with Gasteiger partial charge < -0.3 is 14.6 Å². The molecule has 0 radical (unpaired) electrons. The number of benzene rings is 1. The summed E-state index contributed by atoms with van der Waals surface area (Å²) in [4.78, 5) is 25.2. The van der Waals surface area contributed by atoms with Gasteiger partial charge >= 0.3 is 5.97 Å². The third kappa shape index (κ3) is 4.79. The number of carbonyl (C=O) groups is 2. The third-order valence-corrected chi connectivity index (χ3v) is 7.97. The van der Waals surface area contributed by atoms with E-state index in [0.717, 1.165) is 12.1 Å². The Morgan fingerprint density at radius 3 is 2.52 bits per heavy atom. The molecule has 0 saturated carbocycles. The van der Waals surface area contributed by atoms with Crippen molar-refractivity contribution in [2.75, 3.05) is 25.0 Å². The Kier molecular flexibility index (Phi) is 7.23. The monoisotopic (exact) mass is 483 g/mol. The average molecular weight is 484 g/mol. The molecule has 0 bridgehead atoms. The largest absolute Gasteiger partial charge is 0.462 e. The van der Waals surface area contributed by atoms with Crippen LogP contribution in [0.15, 0.2) is 23.1 Å². The highest BCUT2D eigenvalue weighted by Gasteiger charge is 2.39. The standard InChI is InChI=1S/C22H27F2N3O5S/c1-5-32-22(29)19-13(2)26(4)14(3)20(19)33(30,31)27-10-6-7-15(12-27)21(28)25-16-8-9-17(23)18(24)11-16/h8-9,11,15H,5-7,10,12H2,1-4H3,(H,25,28)/t15-/m1/s1. The summed E-state index contributed by atoms with van der Waals surface area (Å²) in [5.41, 5.74) is 0.932. The van der Waals surface area contributed by atoms with E-state index in [1.54, 1.807) is 32.4 Å². The Balaban J connectivity index is 1.88. The summed E-state index contributed by atoms with van der Waals surface area (Å²) in [5.74, 6) is -4.04. The van der Waals surface area contributed by atoms with Gasteiger partial charge in [0.15, 0.2) is 11.6 Å². The molecule has 1 fully saturated rings. The van der Waals surface area contributed by atoms with Crippen LogP contribution < -0.4 is 5.32 Å². The van der Waals surface area contributed by atoms with Gasteiger partial charge in [0, 0.05) is 43.3 Å². The lowest BCUT2D eigenvalue weighted by molar-refractivity contribution is -0.120. The first kappa shape index (κ1) is 24.8. The number of esters is 1. The number of sulfonamides is 1. The van der Waals surface area contributed by atoms with Gasteiger partial charge in [0.2, 0.25) is 15.9 Å². The number of ether oxygens (including phenoxy) is 1. The van der Waals surface area contributed by atoms with Gasteiger partial charge in [0.25, 0.3) is 0 Å². The minimum absolute atomic E-state index is 0.00906. The lowest BCUT2D eigenvalue weighted by atomic mass is 9.98. The van der Waals surface area contributed by atoms with Gasteiger partial charge in [-0.2, -0.15) is 4.31 Å². The van der Waals surface area contributed by atoms with Crippen molar-refractivity contribution in [2.24, 2.45) is 13.0 Å². The molecular weight excluding hydrogens is 456 g/mol. The number of amides is 1. The average Bonchev–Trinajstić information content (AvgIpc) is 3.01. The first-order chi connectivity index (χ1) is 15.5. The van der Waals surface area contributed by atoms with Crippen molar-refractivity contribution < 1.29 is 31.5 Å². The summed E-state index contributed by atoms with van der Waals surface area (Å²) in [5, 5.41) is 2.52. The van der Waals surface area contributed by atoms with E-state index < -0.39 is 39.5 Å². The second-order valence-electron chi connectivity index (χ2n) is 7.97. The molecule has 1 atom stereocenters. The normalized spacial score (nSPS) is 17.1. The summed E-state index contributed by atoms with van der Waals surface area (Å²) in [6, 6.07) is 3.00. The molecule has 1 N–H and O–H groups in total. The SMILES string of the molecule is CCOC(=O)c1c(S(=O)(=O)N2CCC[C@@H](C(=O)Nc3ccc(F)c(F)c3)C2)c(C)n(C)c1C. The van der Waals surface area contributed by atoms with Crippen molar-refractivity contribution in [3.63, 3.8) is 0 Å². The summed E-state index contributed by atoms with van der Waals surface area (Å²) >= 11 is 0. The van der Waals surface area contributed by atoms with Crippen molar-refractivity contribution in [1.29, 1.82) is 0 Å². The summed E-state index contributed by atoms with van der Waals surface area (Å²) in [6.45, 7) is 5.08. The molecule has 2 heterocycles. The van der Waals surface area contributed by atoms with E-state index in [0.29, 0.717) is 24.2 Å². The predicted octanol–water partition coefficient (Wildman–Crippen LogP) is 3.14. The Morgan fingerprint density at radius 1 is 1.18 bits per heavy atom. The van der Waals surface area contributed by atoms with E-state index in [1.807, 2.05) is 0 Å². The molecule has 1 amide bonds. The Hall–Kier alpha value is -2.79. The fraction of sp³-hybridized carbons (Fsp3) is 0.455. The van der Waals surface area contributed by atoms with Crippen LogP contribution in [0.5, 0.6) is 0 Å². The number of nitrogens with zero attached hydrogens (tertiary/aromatic N) is 2. The van der Waals surface area contributed by atoms with Crippen LogP contribution in [-0.2, 0) is 26.6 Å². The predicted molar refractivity (Wildman–Crippen MR) is 117 cm³/mol. The van der Waals surface area contributed by atoms with Crippen molar-refractivity contribution in [3.8, 4) is 0 Å². The molecule has 0 spiro atoms. The van der Waals surface area contributed by atoms with Crippen molar-refractivity contribution in [1.82, 2.24) is 8.87 Å². The number of piperidine rings is 1. The molecule has 33 heavy (non-hydrogen) atoms. The molecule has 8 nitrogen and oxygen atoms in total. The molecule has 1 aromatic heterocycles. The maximum Gasteiger partial charge on any atom is 0.341 e. The van der Waals surface area contributed by atoms with E-state index in [2.05, 4.69) is 5.32 Å². The first-order valence-electron chi connectivity index (χ1n) is 10.6. The van der Waals surface area contributed by atoms with Crippen LogP contribution in [0.3, 0.4) is 0 Å². The first-order valence-corrected chi connectivity index (χ1v) is 12.0. The number of anilines is 1. The zero-order valence-electron chi connectivity index (χ0n) is 18.9. The molecule has 3 rings (SSSR count). The molecule has 0 aliphatic carbocycles. The van der Waals surface area contributed by atoms with Gasteiger partial charge in [-0.3, -0.25) is 4.79 Å². The topological polar surface area (TPSA) is 97.7 Å². The van der Waals surface area contributed by atoms with E-state index in [9.17, 15) is 26.8 Å². The molecule has 0 unspecified atom stereocenters. The van der Waals surface area contributed by atoms with Crippen LogP contribution in [0.4, 0.5) is 14.5 Å². The van der Waals surface area contributed by atoms with Gasteiger partial charge in [-0.15, -0.1) is 0 Å². The lowest BCUT2D eigenvalue weighted by Gasteiger charge is -2.31. The van der Waals surface area contributed by atoms with Crippen LogP contribution in [0.25, 0.3) is 0 Å². The van der Waals surface area contributed by atoms with Crippen molar-refractivity contribution in [3.05, 3.63) is 46.8 Å². The molecule has 1 aliphatic rings. The number of carbonyl (C=O) groups excluding carboxylic acids is 2. The molecule has 1 saturated heterocycles. The van der Waals surface area contributed by atoms with Crippen LogP contribution in [0.1, 0.15) is 41.5 Å². The minimum Gasteiger partial charge on any atom is -0.462 e. The fourth-order valence-corrected chi connectivity index (χ4v) is 6.00. The Bertz CT molecular complexity index is 1190. The summed E-state index contributed by atoms with van der Waals surface area (Å²) < 4.78 is 61.7. The minimum atomic E-state index is -4.12. The van der Waals surface area contributed by atoms with E-state index >= 15 is 0 Å². The van der Waals surface area contributed by atoms with E-state index in [4.69, 9.17) is 4.74 Å². The van der Waals surface area contributed by atoms with Crippen LogP contribution in [-0.4, -0.2) is 48.9 Å². The second-order valence-corrected chi connectivity index (χ2v) is 9.85. The van der Waals surface area contributed by atoms with E-state index in [1.165, 1.54) is 10.4 Å². The fourth-order valence-electron chi connectivity index (χ4n) is 4.00. The van der Waals surface area contributed by atoms with Crippen molar-refractivity contribution in [2.45, 2.75) is 38.5 Å². The molecule has 11 heteroatoms. The highest BCUT2D eigenvalue weighted by Crippen LogP contribution is 2.32. The van der Waals surface area contributed by atoms with Gasteiger partial charge in [-0.25, -0.2) is 22.0 Å².